The number of nitrogens with zero attached hydrogens (tertiary/aromatic N) is 2. The van der Waals surface area contributed by atoms with Crippen molar-refractivity contribution in [3.63, 3.8) is 0 Å². The second-order valence-electron chi connectivity index (χ2n) is 7.14. The molecular weight excluding hydrogens is 246 g/mol. The Balaban J connectivity index is 1.46. The van der Waals surface area contributed by atoms with Crippen molar-refractivity contribution in [2.75, 3.05) is 6.54 Å². The minimum atomic E-state index is 0.688. The summed E-state index contributed by atoms with van der Waals surface area (Å²) in [7, 11) is 0. The van der Waals surface area contributed by atoms with Crippen LogP contribution in [0.2, 0.25) is 0 Å². The van der Waals surface area contributed by atoms with Crippen molar-refractivity contribution in [1.82, 2.24) is 15.1 Å². The van der Waals surface area contributed by atoms with Crippen molar-refractivity contribution in [2.24, 2.45) is 29.6 Å². The van der Waals surface area contributed by atoms with E-state index in [-0.39, 0.29) is 0 Å². The zero-order valence-corrected chi connectivity index (χ0v) is 12.8. The molecule has 0 saturated heterocycles. The van der Waals surface area contributed by atoms with Crippen LogP contribution in [0.15, 0.2) is 12.4 Å². The summed E-state index contributed by atoms with van der Waals surface area (Å²) in [5.41, 5.74) is 1.41. The Labute approximate surface area is 122 Å². The molecule has 0 aliphatic heterocycles. The van der Waals surface area contributed by atoms with Crippen LogP contribution in [-0.4, -0.2) is 22.4 Å². The van der Waals surface area contributed by atoms with Gasteiger partial charge in [-0.05, 0) is 74.3 Å². The van der Waals surface area contributed by atoms with Gasteiger partial charge in [0.25, 0.3) is 0 Å². The summed E-state index contributed by atoms with van der Waals surface area (Å²) in [6.07, 6.45) is 10.1. The van der Waals surface area contributed by atoms with Crippen LogP contribution in [-0.2, 0) is 13.0 Å². The summed E-state index contributed by atoms with van der Waals surface area (Å²) in [6, 6.07) is 0.688. The lowest BCUT2D eigenvalue weighted by Crippen LogP contribution is -2.35. The van der Waals surface area contributed by atoms with Gasteiger partial charge in [-0.2, -0.15) is 5.10 Å². The number of likely N-dealkylation sites (N-methyl/N-ethyl adjacent to an activating group) is 1. The van der Waals surface area contributed by atoms with Crippen LogP contribution in [0, 0.1) is 29.6 Å². The van der Waals surface area contributed by atoms with Crippen LogP contribution in [0.25, 0.3) is 0 Å². The Morgan fingerprint density at radius 3 is 2.65 bits per heavy atom. The standard InChI is InChI=1S/C17H27N3/c1-3-18-14(7-11-9-19-20(4-2)10-11)17-15-12-5-6-13(8-12)16(15)17/h9-10,12-18H,3-8H2,1-2H3. The summed E-state index contributed by atoms with van der Waals surface area (Å²) < 4.78 is 2.05. The van der Waals surface area contributed by atoms with E-state index in [9.17, 15) is 0 Å². The first-order chi connectivity index (χ1) is 9.81. The highest BCUT2D eigenvalue weighted by atomic mass is 15.3. The molecule has 5 unspecified atom stereocenters. The fourth-order valence-corrected chi connectivity index (χ4v) is 5.48. The van der Waals surface area contributed by atoms with Crippen LogP contribution in [0.4, 0.5) is 0 Å². The van der Waals surface area contributed by atoms with Gasteiger partial charge in [0.05, 0.1) is 6.20 Å². The molecule has 3 fully saturated rings. The fraction of sp³-hybridized carbons (Fsp3) is 0.824. The van der Waals surface area contributed by atoms with E-state index in [0.717, 1.165) is 42.7 Å². The highest BCUT2D eigenvalue weighted by Gasteiger charge is 2.66. The third kappa shape index (κ3) is 1.93. The highest BCUT2D eigenvalue weighted by Crippen LogP contribution is 2.70. The largest absolute Gasteiger partial charge is 0.314 e. The average molecular weight is 273 g/mol. The Morgan fingerprint density at radius 1 is 1.30 bits per heavy atom. The summed E-state index contributed by atoms with van der Waals surface area (Å²) >= 11 is 0. The van der Waals surface area contributed by atoms with Crippen LogP contribution < -0.4 is 5.32 Å². The molecule has 1 aromatic heterocycles. The molecule has 0 radical (unpaired) electrons. The Hall–Kier alpha value is -0.830. The van der Waals surface area contributed by atoms with Crippen molar-refractivity contribution in [1.29, 1.82) is 0 Å². The molecule has 3 aliphatic rings. The number of hydrogen-bond acceptors (Lipinski definition) is 2. The minimum Gasteiger partial charge on any atom is -0.314 e. The van der Waals surface area contributed by atoms with Gasteiger partial charge >= 0.3 is 0 Å². The number of nitrogens with one attached hydrogen (secondary N) is 1. The zero-order valence-electron chi connectivity index (χ0n) is 12.8. The maximum absolute atomic E-state index is 4.43. The first-order valence-corrected chi connectivity index (χ1v) is 8.56. The quantitative estimate of drug-likeness (QED) is 0.863. The van der Waals surface area contributed by atoms with E-state index >= 15 is 0 Å². The second-order valence-corrected chi connectivity index (χ2v) is 7.14. The number of hydrogen-bond donors (Lipinski definition) is 1. The molecule has 4 rings (SSSR count). The van der Waals surface area contributed by atoms with Gasteiger partial charge in [-0.1, -0.05) is 6.92 Å². The van der Waals surface area contributed by atoms with Crippen LogP contribution in [0.3, 0.4) is 0 Å². The van der Waals surface area contributed by atoms with Gasteiger partial charge in [-0.3, -0.25) is 4.68 Å². The summed E-state index contributed by atoms with van der Waals surface area (Å²) in [6.45, 7) is 6.47. The maximum atomic E-state index is 4.43. The first-order valence-electron chi connectivity index (χ1n) is 8.56. The van der Waals surface area contributed by atoms with Crippen molar-refractivity contribution in [2.45, 2.75) is 52.1 Å². The van der Waals surface area contributed by atoms with Gasteiger partial charge in [0, 0.05) is 18.8 Å². The maximum Gasteiger partial charge on any atom is 0.0522 e. The second kappa shape index (κ2) is 4.87. The lowest BCUT2D eigenvalue weighted by Gasteiger charge is -2.21. The molecule has 3 saturated carbocycles. The topological polar surface area (TPSA) is 29.9 Å². The molecule has 0 aromatic carbocycles. The van der Waals surface area contributed by atoms with Gasteiger partial charge in [-0.25, -0.2) is 0 Å². The molecule has 2 bridgehead atoms. The number of fused-ring (bicyclic) bond motifs is 5. The molecule has 0 spiro atoms. The van der Waals surface area contributed by atoms with Crippen molar-refractivity contribution in [3.8, 4) is 0 Å². The Kier molecular flexibility index (Phi) is 3.13. The summed E-state index contributed by atoms with van der Waals surface area (Å²) in [4.78, 5) is 0. The Bertz CT molecular complexity index is 464. The SMILES string of the molecule is CCNC(Cc1cnn(CC)c1)C1C2C3CCC(C3)C21. The fourth-order valence-electron chi connectivity index (χ4n) is 5.48. The van der Waals surface area contributed by atoms with Crippen molar-refractivity contribution >= 4 is 0 Å². The highest BCUT2D eigenvalue weighted by molar-refractivity contribution is 5.18. The predicted molar refractivity (Wildman–Crippen MR) is 80.4 cm³/mol. The number of aryl methyl sites for hydroxylation is 1. The third-order valence-electron chi connectivity index (χ3n) is 6.19. The minimum absolute atomic E-state index is 0.688. The Morgan fingerprint density at radius 2 is 2.05 bits per heavy atom. The molecule has 1 N–H and O–H groups in total. The summed E-state index contributed by atoms with van der Waals surface area (Å²) in [5, 5.41) is 8.21. The van der Waals surface area contributed by atoms with E-state index in [2.05, 4.69) is 41.3 Å². The number of aromatic nitrogens is 2. The lowest BCUT2D eigenvalue weighted by atomic mass is 9.94. The zero-order chi connectivity index (χ0) is 13.7. The molecule has 1 heterocycles. The van der Waals surface area contributed by atoms with Gasteiger partial charge in [0.15, 0.2) is 0 Å². The van der Waals surface area contributed by atoms with E-state index in [0.29, 0.717) is 6.04 Å². The van der Waals surface area contributed by atoms with Crippen molar-refractivity contribution in [3.05, 3.63) is 18.0 Å². The molecule has 20 heavy (non-hydrogen) atoms. The smallest absolute Gasteiger partial charge is 0.0522 e. The molecular formula is C17H27N3. The van der Waals surface area contributed by atoms with E-state index in [1.165, 1.54) is 24.8 Å². The van der Waals surface area contributed by atoms with E-state index < -0.39 is 0 Å². The van der Waals surface area contributed by atoms with E-state index in [1.54, 1.807) is 6.42 Å². The van der Waals surface area contributed by atoms with Gasteiger partial charge < -0.3 is 5.32 Å². The third-order valence-corrected chi connectivity index (χ3v) is 6.19. The molecule has 0 amide bonds. The van der Waals surface area contributed by atoms with Crippen molar-refractivity contribution < 1.29 is 0 Å². The molecule has 110 valence electrons. The molecule has 3 nitrogen and oxygen atoms in total. The normalized spacial score (nSPS) is 39.0. The molecule has 5 atom stereocenters. The lowest BCUT2D eigenvalue weighted by molar-refractivity contribution is 0.365. The van der Waals surface area contributed by atoms with Gasteiger partial charge in [-0.15, -0.1) is 0 Å². The first kappa shape index (κ1) is 12.9. The van der Waals surface area contributed by atoms with E-state index in [1.807, 2.05) is 0 Å². The molecule has 1 aromatic rings. The molecule has 3 heteroatoms. The van der Waals surface area contributed by atoms with Gasteiger partial charge in [0.2, 0.25) is 0 Å². The summed E-state index contributed by atoms with van der Waals surface area (Å²) in [5.74, 6) is 5.26. The monoisotopic (exact) mass is 273 g/mol. The van der Waals surface area contributed by atoms with Crippen LogP contribution in [0.5, 0.6) is 0 Å². The number of rotatable bonds is 6. The predicted octanol–water partition coefficient (Wildman–Crippen LogP) is 2.72. The molecule has 3 aliphatic carbocycles. The average Bonchev–Trinajstić information content (AvgIpc) is 2.85. The van der Waals surface area contributed by atoms with Gasteiger partial charge in [0.1, 0.15) is 0 Å². The van der Waals surface area contributed by atoms with E-state index in [4.69, 9.17) is 0 Å². The van der Waals surface area contributed by atoms with Crippen LogP contribution in [0.1, 0.15) is 38.7 Å². The van der Waals surface area contributed by atoms with Crippen LogP contribution >= 0.6 is 0 Å².